The SMILES string of the molecule is Cc1nc2sc3c(SCC(=O)Nc4ccccc4Cl)ncnc3c2c2c1COC(C)(C)C2. The number of fused-ring (bicyclic) bond motifs is 5. The lowest BCUT2D eigenvalue weighted by Gasteiger charge is -2.32. The molecule has 5 rings (SSSR count). The Morgan fingerprint density at radius 2 is 2.09 bits per heavy atom. The van der Waals surface area contributed by atoms with Gasteiger partial charge in [0.05, 0.1) is 38.9 Å². The monoisotopic (exact) mass is 484 g/mol. The summed E-state index contributed by atoms with van der Waals surface area (Å²) in [4.78, 5) is 27.4. The van der Waals surface area contributed by atoms with Crippen molar-refractivity contribution in [3.63, 3.8) is 0 Å². The highest BCUT2D eigenvalue weighted by atomic mass is 35.5. The number of thioether (sulfide) groups is 1. The molecule has 0 spiro atoms. The number of rotatable bonds is 4. The maximum Gasteiger partial charge on any atom is 0.234 e. The molecule has 1 N–H and O–H groups in total. The second-order valence-corrected chi connectivity index (χ2v) is 10.7. The maximum atomic E-state index is 12.5. The van der Waals surface area contributed by atoms with Gasteiger partial charge in [-0.2, -0.15) is 0 Å². The molecule has 1 amide bonds. The number of pyridine rings is 1. The van der Waals surface area contributed by atoms with Crippen molar-refractivity contribution in [2.24, 2.45) is 0 Å². The van der Waals surface area contributed by atoms with E-state index in [0.717, 1.165) is 43.1 Å². The van der Waals surface area contributed by atoms with Crippen LogP contribution in [-0.2, 0) is 22.6 Å². The number of halogens is 1. The van der Waals surface area contributed by atoms with Gasteiger partial charge in [0, 0.05) is 23.1 Å². The lowest BCUT2D eigenvalue weighted by atomic mass is 9.89. The molecule has 0 saturated heterocycles. The summed E-state index contributed by atoms with van der Waals surface area (Å²) in [6, 6.07) is 7.19. The Morgan fingerprint density at radius 3 is 2.91 bits per heavy atom. The van der Waals surface area contributed by atoms with Gasteiger partial charge in [-0.05, 0) is 38.5 Å². The summed E-state index contributed by atoms with van der Waals surface area (Å²) in [5.41, 5.74) is 4.69. The Hall–Kier alpha value is -2.26. The van der Waals surface area contributed by atoms with Crippen LogP contribution in [0.4, 0.5) is 5.69 Å². The molecule has 0 bridgehead atoms. The van der Waals surface area contributed by atoms with Crippen LogP contribution in [0.5, 0.6) is 0 Å². The van der Waals surface area contributed by atoms with Gasteiger partial charge in [0.25, 0.3) is 0 Å². The van der Waals surface area contributed by atoms with E-state index in [0.29, 0.717) is 17.3 Å². The predicted octanol–water partition coefficient (Wildman–Crippen LogP) is 5.78. The molecule has 3 aromatic heterocycles. The number of amides is 1. The Bertz CT molecular complexity index is 1370. The molecule has 0 radical (unpaired) electrons. The van der Waals surface area contributed by atoms with Gasteiger partial charge in [0.1, 0.15) is 16.2 Å². The molecule has 0 fully saturated rings. The van der Waals surface area contributed by atoms with E-state index in [4.69, 9.17) is 21.3 Å². The number of para-hydroxylation sites is 1. The summed E-state index contributed by atoms with van der Waals surface area (Å²) in [5.74, 6) is 0.0815. The van der Waals surface area contributed by atoms with E-state index in [2.05, 4.69) is 29.1 Å². The third-order valence-corrected chi connectivity index (χ3v) is 8.02. The van der Waals surface area contributed by atoms with Crippen LogP contribution in [0.2, 0.25) is 5.02 Å². The van der Waals surface area contributed by atoms with Crippen LogP contribution in [0.1, 0.15) is 30.7 Å². The standard InChI is InChI=1S/C23H21ClN4O2S2/c1-12-14-9-30-23(2,3)8-13(14)18-19-20(32-21(18)27-12)22(26-11-25-19)31-10-17(29)28-16-7-5-4-6-15(16)24/h4-7,11H,8-10H2,1-3H3,(H,28,29). The fraction of sp³-hybridized carbons (Fsp3) is 0.304. The van der Waals surface area contributed by atoms with Crippen molar-refractivity contribution in [2.75, 3.05) is 11.1 Å². The Labute approximate surface area is 198 Å². The van der Waals surface area contributed by atoms with Gasteiger partial charge >= 0.3 is 0 Å². The minimum atomic E-state index is -0.233. The molecule has 0 unspecified atom stereocenters. The summed E-state index contributed by atoms with van der Waals surface area (Å²) in [6.45, 7) is 6.81. The number of benzene rings is 1. The fourth-order valence-corrected chi connectivity index (χ4v) is 6.20. The van der Waals surface area contributed by atoms with Crippen LogP contribution < -0.4 is 5.32 Å². The van der Waals surface area contributed by atoms with Gasteiger partial charge < -0.3 is 10.1 Å². The first kappa shape index (κ1) is 21.6. The third-order valence-electron chi connectivity index (χ3n) is 5.49. The van der Waals surface area contributed by atoms with Gasteiger partial charge in [-0.15, -0.1) is 11.3 Å². The topological polar surface area (TPSA) is 77.0 Å². The molecule has 6 nitrogen and oxygen atoms in total. The van der Waals surface area contributed by atoms with E-state index in [9.17, 15) is 4.79 Å². The average Bonchev–Trinajstić information content (AvgIpc) is 3.12. The van der Waals surface area contributed by atoms with Gasteiger partial charge in [-0.1, -0.05) is 35.5 Å². The first-order valence-electron chi connectivity index (χ1n) is 10.2. The quantitative estimate of drug-likeness (QED) is 0.292. The molecular formula is C23H21ClN4O2S2. The number of thiophene rings is 1. The highest BCUT2D eigenvalue weighted by Crippen LogP contribution is 2.42. The Balaban J connectivity index is 1.48. The molecule has 4 heterocycles. The number of hydrogen-bond donors (Lipinski definition) is 1. The number of carbonyl (C=O) groups is 1. The highest BCUT2D eigenvalue weighted by Gasteiger charge is 2.31. The molecule has 32 heavy (non-hydrogen) atoms. The largest absolute Gasteiger partial charge is 0.370 e. The van der Waals surface area contributed by atoms with Gasteiger partial charge in [0.2, 0.25) is 5.91 Å². The average molecular weight is 485 g/mol. The number of aryl methyl sites for hydroxylation is 1. The predicted molar refractivity (Wildman–Crippen MR) is 131 cm³/mol. The van der Waals surface area contributed by atoms with E-state index >= 15 is 0 Å². The Kier molecular flexibility index (Phi) is 5.57. The van der Waals surface area contributed by atoms with Crippen LogP contribution in [0.15, 0.2) is 35.6 Å². The lowest BCUT2D eigenvalue weighted by Crippen LogP contribution is -2.32. The van der Waals surface area contributed by atoms with Crippen LogP contribution in [0, 0.1) is 6.92 Å². The van der Waals surface area contributed by atoms with Crippen molar-refractivity contribution in [3.8, 4) is 0 Å². The number of carbonyl (C=O) groups excluding carboxylic acids is 1. The molecule has 1 aromatic carbocycles. The van der Waals surface area contributed by atoms with Crippen molar-refractivity contribution in [1.29, 1.82) is 0 Å². The van der Waals surface area contributed by atoms with Gasteiger partial charge in [-0.25, -0.2) is 15.0 Å². The second-order valence-electron chi connectivity index (χ2n) is 8.33. The third kappa shape index (κ3) is 3.96. The first-order valence-corrected chi connectivity index (χ1v) is 12.4. The van der Waals surface area contributed by atoms with Gasteiger partial charge in [0.15, 0.2) is 0 Å². The van der Waals surface area contributed by atoms with Crippen LogP contribution in [-0.4, -0.2) is 32.2 Å². The molecule has 1 aliphatic heterocycles. The summed E-state index contributed by atoms with van der Waals surface area (Å²) in [6.07, 6.45) is 2.38. The molecule has 0 aliphatic carbocycles. The lowest BCUT2D eigenvalue weighted by molar-refractivity contribution is -0.113. The van der Waals surface area contributed by atoms with Crippen molar-refractivity contribution in [1.82, 2.24) is 15.0 Å². The number of aromatic nitrogens is 3. The highest BCUT2D eigenvalue weighted by molar-refractivity contribution is 8.00. The zero-order chi connectivity index (χ0) is 22.5. The second kappa shape index (κ2) is 8.26. The van der Waals surface area contributed by atoms with Crippen LogP contribution in [0.25, 0.3) is 20.4 Å². The van der Waals surface area contributed by atoms with Crippen molar-refractivity contribution < 1.29 is 9.53 Å². The zero-order valence-electron chi connectivity index (χ0n) is 17.9. The van der Waals surface area contributed by atoms with Crippen molar-refractivity contribution in [2.45, 2.75) is 44.4 Å². The van der Waals surface area contributed by atoms with Gasteiger partial charge in [-0.3, -0.25) is 4.79 Å². The molecular weight excluding hydrogens is 464 g/mol. The minimum absolute atomic E-state index is 0.138. The first-order chi connectivity index (χ1) is 15.3. The van der Waals surface area contributed by atoms with E-state index in [1.54, 1.807) is 29.8 Å². The summed E-state index contributed by atoms with van der Waals surface area (Å²) in [7, 11) is 0. The number of nitrogens with zero attached hydrogens (tertiary/aromatic N) is 3. The van der Waals surface area contributed by atoms with E-state index in [1.165, 1.54) is 17.3 Å². The fourth-order valence-electron chi connectivity index (χ4n) is 3.93. The normalized spacial score (nSPS) is 15.1. The Morgan fingerprint density at radius 1 is 1.28 bits per heavy atom. The number of ether oxygens (including phenoxy) is 1. The number of hydrogen-bond acceptors (Lipinski definition) is 7. The summed E-state index contributed by atoms with van der Waals surface area (Å²) >= 11 is 9.12. The summed E-state index contributed by atoms with van der Waals surface area (Å²) in [5, 5.41) is 5.24. The molecule has 164 valence electrons. The molecule has 0 atom stereocenters. The molecule has 4 aromatic rings. The van der Waals surface area contributed by atoms with Crippen molar-refractivity contribution in [3.05, 3.63) is 52.4 Å². The smallest absolute Gasteiger partial charge is 0.234 e. The van der Waals surface area contributed by atoms with E-state index < -0.39 is 0 Å². The van der Waals surface area contributed by atoms with Crippen LogP contribution in [0.3, 0.4) is 0 Å². The maximum absolute atomic E-state index is 12.5. The van der Waals surface area contributed by atoms with Crippen molar-refractivity contribution >= 4 is 66.7 Å². The van der Waals surface area contributed by atoms with Crippen LogP contribution >= 0.6 is 34.7 Å². The van der Waals surface area contributed by atoms with E-state index in [-0.39, 0.29) is 17.3 Å². The molecule has 0 saturated carbocycles. The minimum Gasteiger partial charge on any atom is -0.370 e. The van der Waals surface area contributed by atoms with E-state index in [1.807, 2.05) is 19.1 Å². The zero-order valence-corrected chi connectivity index (χ0v) is 20.2. The molecule has 9 heteroatoms. The number of nitrogens with one attached hydrogen (secondary N) is 1. The molecule has 1 aliphatic rings. The summed E-state index contributed by atoms with van der Waals surface area (Å²) < 4.78 is 6.99. The number of anilines is 1.